The summed E-state index contributed by atoms with van der Waals surface area (Å²) in [6.07, 6.45) is 3.34. The lowest BCUT2D eigenvalue weighted by atomic mass is 9.95. The Kier molecular flexibility index (Phi) is 8.87. The predicted molar refractivity (Wildman–Crippen MR) is 156 cm³/mol. The van der Waals surface area contributed by atoms with E-state index in [1.54, 1.807) is 48.5 Å². The van der Waals surface area contributed by atoms with Gasteiger partial charge in [0, 0.05) is 17.1 Å². The van der Waals surface area contributed by atoms with Crippen LogP contribution in [0, 0.1) is 0 Å². The average molecular weight is 627 g/mol. The smallest absolute Gasteiger partial charge is 0.263 e. The van der Waals surface area contributed by atoms with Gasteiger partial charge in [-0.25, -0.2) is 8.42 Å². The normalized spacial score (nSPS) is 17.6. The quantitative estimate of drug-likeness (QED) is 0.385. The van der Waals surface area contributed by atoms with E-state index in [-0.39, 0.29) is 29.9 Å². The van der Waals surface area contributed by atoms with Crippen LogP contribution in [0.3, 0.4) is 0 Å². The SMILES string of the molecule is O=C(NCc1ccccc1)C1CN(C(=O)CN(C2CCCCC2)S(=O)(=O)c2ccc(Br)cc2)c2ccccc2O1. The first-order chi connectivity index (χ1) is 19.3. The van der Waals surface area contributed by atoms with Crippen LogP contribution in [0.4, 0.5) is 5.69 Å². The highest BCUT2D eigenvalue weighted by atomic mass is 79.9. The molecule has 10 heteroatoms. The topological polar surface area (TPSA) is 96.0 Å². The molecule has 0 radical (unpaired) electrons. The summed E-state index contributed by atoms with van der Waals surface area (Å²) in [7, 11) is -3.94. The summed E-state index contributed by atoms with van der Waals surface area (Å²) >= 11 is 3.36. The average Bonchev–Trinajstić information content (AvgIpc) is 2.99. The molecule has 2 aliphatic rings. The molecule has 1 saturated carbocycles. The zero-order valence-electron chi connectivity index (χ0n) is 22.0. The molecule has 3 aromatic rings. The Hall–Kier alpha value is -3.21. The second kappa shape index (κ2) is 12.5. The Morgan fingerprint density at radius 1 is 0.925 bits per heavy atom. The van der Waals surface area contributed by atoms with Crippen molar-refractivity contribution in [3.63, 3.8) is 0 Å². The minimum Gasteiger partial charge on any atom is -0.477 e. The fraction of sp³-hybridized carbons (Fsp3) is 0.333. The van der Waals surface area contributed by atoms with Crippen LogP contribution in [0.15, 0.2) is 88.2 Å². The van der Waals surface area contributed by atoms with Gasteiger partial charge < -0.3 is 15.0 Å². The van der Waals surface area contributed by atoms with Gasteiger partial charge in [0.15, 0.2) is 6.10 Å². The van der Waals surface area contributed by atoms with Crippen LogP contribution in [0.5, 0.6) is 5.75 Å². The lowest BCUT2D eigenvalue weighted by molar-refractivity contribution is -0.128. The van der Waals surface area contributed by atoms with Gasteiger partial charge in [0.2, 0.25) is 15.9 Å². The van der Waals surface area contributed by atoms with E-state index in [2.05, 4.69) is 21.2 Å². The molecule has 0 saturated heterocycles. The standard InChI is InChI=1S/C30H32BrN3O5S/c31-23-15-17-25(18-16-23)40(37,38)34(24-11-5-2-6-12-24)21-29(35)33-20-28(39-27-14-8-7-13-26(27)33)30(36)32-19-22-9-3-1-4-10-22/h1,3-4,7-10,13-18,24,28H,2,5-6,11-12,19-21H2,(H,32,36). The number of rotatable bonds is 8. The maximum Gasteiger partial charge on any atom is 0.263 e. The Morgan fingerprint density at radius 3 is 2.33 bits per heavy atom. The van der Waals surface area contributed by atoms with Gasteiger partial charge in [0.25, 0.3) is 5.91 Å². The Balaban J connectivity index is 1.39. The molecular formula is C30H32BrN3O5S. The van der Waals surface area contributed by atoms with Crippen molar-refractivity contribution in [1.29, 1.82) is 0 Å². The number of hydrogen-bond acceptors (Lipinski definition) is 5. The van der Waals surface area contributed by atoms with Gasteiger partial charge in [-0.2, -0.15) is 4.31 Å². The van der Waals surface area contributed by atoms with Crippen LogP contribution in [-0.4, -0.2) is 49.8 Å². The van der Waals surface area contributed by atoms with E-state index in [1.807, 2.05) is 30.3 Å². The van der Waals surface area contributed by atoms with Crippen molar-refractivity contribution in [1.82, 2.24) is 9.62 Å². The molecule has 0 spiro atoms. The molecular weight excluding hydrogens is 594 g/mol. The number of amides is 2. The number of para-hydroxylation sites is 2. The maximum absolute atomic E-state index is 13.9. The number of hydrogen-bond donors (Lipinski definition) is 1. The van der Waals surface area contributed by atoms with Crippen LogP contribution >= 0.6 is 15.9 Å². The molecule has 1 unspecified atom stereocenters. The third-order valence-corrected chi connectivity index (χ3v) is 9.81. The number of carbonyl (C=O) groups excluding carboxylic acids is 2. The number of nitrogens with zero attached hydrogens (tertiary/aromatic N) is 2. The molecule has 40 heavy (non-hydrogen) atoms. The van der Waals surface area contributed by atoms with E-state index < -0.39 is 22.0 Å². The third kappa shape index (κ3) is 6.40. The second-order valence-electron chi connectivity index (χ2n) is 10.1. The van der Waals surface area contributed by atoms with Gasteiger partial charge in [-0.3, -0.25) is 9.59 Å². The van der Waals surface area contributed by atoms with Crippen LogP contribution in [0.2, 0.25) is 0 Å². The summed E-state index contributed by atoms with van der Waals surface area (Å²) in [5.74, 6) is -0.340. The van der Waals surface area contributed by atoms with Crippen LogP contribution < -0.4 is 15.0 Å². The first-order valence-electron chi connectivity index (χ1n) is 13.5. The zero-order chi connectivity index (χ0) is 28.1. The van der Waals surface area contributed by atoms with E-state index in [1.165, 1.54) is 9.21 Å². The van der Waals surface area contributed by atoms with Crippen LogP contribution in [-0.2, 0) is 26.2 Å². The van der Waals surface area contributed by atoms with Crippen molar-refractivity contribution in [3.05, 3.63) is 88.9 Å². The zero-order valence-corrected chi connectivity index (χ0v) is 24.4. The lowest BCUT2D eigenvalue weighted by Gasteiger charge is -2.37. The van der Waals surface area contributed by atoms with Crippen LogP contribution in [0.1, 0.15) is 37.7 Å². The van der Waals surface area contributed by atoms with Gasteiger partial charge in [-0.15, -0.1) is 0 Å². The van der Waals surface area contributed by atoms with Crippen molar-refractivity contribution >= 4 is 43.5 Å². The minimum atomic E-state index is -3.94. The van der Waals surface area contributed by atoms with Gasteiger partial charge >= 0.3 is 0 Å². The Labute approximate surface area is 243 Å². The summed E-state index contributed by atoms with van der Waals surface area (Å²) in [5, 5.41) is 2.89. The number of sulfonamides is 1. The largest absolute Gasteiger partial charge is 0.477 e. The van der Waals surface area contributed by atoms with Gasteiger partial charge in [0.05, 0.1) is 23.7 Å². The van der Waals surface area contributed by atoms with E-state index in [0.29, 0.717) is 30.8 Å². The van der Waals surface area contributed by atoms with Crippen molar-refractivity contribution in [2.75, 3.05) is 18.0 Å². The fourth-order valence-electron chi connectivity index (χ4n) is 5.25. The Morgan fingerprint density at radius 2 is 1.60 bits per heavy atom. The van der Waals surface area contributed by atoms with E-state index in [0.717, 1.165) is 29.3 Å². The van der Waals surface area contributed by atoms with Gasteiger partial charge in [-0.1, -0.05) is 77.7 Å². The van der Waals surface area contributed by atoms with Gasteiger partial charge in [-0.05, 0) is 54.8 Å². The molecule has 1 aliphatic carbocycles. The highest BCUT2D eigenvalue weighted by Gasteiger charge is 2.38. The molecule has 0 bridgehead atoms. The molecule has 3 aromatic carbocycles. The summed E-state index contributed by atoms with van der Waals surface area (Å²) in [6.45, 7) is -0.0148. The molecule has 1 fully saturated rings. The number of nitrogens with one attached hydrogen (secondary N) is 1. The third-order valence-electron chi connectivity index (χ3n) is 7.37. The first-order valence-corrected chi connectivity index (χ1v) is 15.7. The molecule has 5 rings (SSSR count). The summed E-state index contributed by atoms with van der Waals surface area (Å²) < 4.78 is 35.8. The number of carbonyl (C=O) groups is 2. The highest BCUT2D eigenvalue weighted by Crippen LogP contribution is 2.34. The number of anilines is 1. The number of fused-ring (bicyclic) bond motifs is 1. The predicted octanol–water partition coefficient (Wildman–Crippen LogP) is 4.88. The molecule has 0 aromatic heterocycles. The monoisotopic (exact) mass is 625 g/mol. The van der Waals surface area contributed by atoms with Crippen molar-refractivity contribution in [2.45, 2.75) is 55.7 Å². The molecule has 1 aliphatic heterocycles. The molecule has 210 valence electrons. The summed E-state index contributed by atoms with van der Waals surface area (Å²) in [4.78, 5) is 28.7. The highest BCUT2D eigenvalue weighted by molar-refractivity contribution is 9.10. The van der Waals surface area contributed by atoms with E-state index in [9.17, 15) is 18.0 Å². The number of halogens is 1. The molecule has 1 N–H and O–H groups in total. The maximum atomic E-state index is 13.9. The Bertz CT molecular complexity index is 1440. The number of benzene rings is 3. The molecule has 1 atom stereocenters. The van der Waals surface area contributed by atoms with Crippen molar-refractivity contribution < 1.29 is 22.7 Å². The second-order valence-corrected chi connectivity index (χ2v) is 12.9. The molecule has 1 heterocycles. The molecule has 2 amide bonds. The minimum absolute atomic E-state index is 0.0205. The summed E-state index contributed by atoms with van der Waals surface area (Å²) in [6, 6.07) is 22.8. The summed E-state index contributed by atoms with van der Waals surface area (Å²) in [5.41, 5.74) is 1.46. The van der Waals surface area contributed by atoms with Crippen LogP contribution in [0.25, 0.3) is 0 Å². The van der Waals surface area contributed by atoms with Gasteiger partial charge in [0.1, 0.15) is 5.75 Å². The van der Waals surface area contributed by atoms with Crippen molar-refractivity contribution in [2.24, 2.45) is 0 Å². The number of ether oxygens (including phenoxy) is 1. The van der Waals surface area contributed by atoms with E-state index in [4.69, 9.17) is 4.74 Å². The van der Waals surface area contributed by atoms with Crippen molar-refractivity contribution in [3.8, 4) is 5.75 Å². The first kappa shape index (κ1) is 28.3. The van der Waals surface area contributed by atoms with E-state index >= 15 is 0 Å². The fourth-order valence-corrected chi connectivity index (χ4v) is 7.14. The lowest BCUT2D eigenvalue weighted by Crippen LogP contribution is -2.54. The molecule has 8 nitrogen and oxygen atoms in total.